The van der Waals surface area contributed by atoms with E-state index >= 15 is 0 Å². The molecule has 29 heteroatoms. The molecule has 10 nitrogen and oxygen atoms in total. The first-order valence-electron chi connectivity index (χ1n) is 50.0. The van der Waals surface area contributed by atoms with Crippen LogP contribution in [0, 0.1) is 135 Å². The summed E-state index contributed by atoms with van der Waals surface area (Å²) in [5.41, 5.74) is 0.710. The Morgan fingerprint density at radius 3 is 0.777 bits per heavy atom. The second-order valence-electron chi connectivity index (χ2n) is 40.4. The zero-order valence-electron chi connectivity index (χ0n) is 77.8. The predicted molar refractivity (Wildman–Crippen MR) is 483 cm³/mol. The van der Waals surface area contributed by atoms with Gasteiger partial charge in [-0.3, -0.25) is 0 Å². The third-order valence-corrected chi connectivity index (χ3v) is 31.7. The van der Waals surface area contributed by atoms with E-state index < -0.39 is 112 Å². The molecule has 10 atom stereocenters. The average molecular weight is 1970 g/mol. The molecule has 139 heavy (non-hydrogen) atoms. The van der Waals surface area contributed by atoms with Gasteiger partial charge in [-0.25, -0.2) is 39.5 Å². The van der Waals surface area contributed by atoms with Crippen LogP contribution in [0.1, 0.15) is 264 Å². The summed E-state index contributed by atoms with van der Waals surface area (Å²) in [7, 11) is 0. The summed E-state index contributed by atoms with van der Waals surface area (Å²) in [6.07, 6.45) is 16.7. The molecule has 5 heterocycles. The van der Waals surface area contributed by atoms with Crippen molar-refractivity contribution in [2.75, 3.05) is 33.0 Å². The monoisotopic (exact) mass is 1960 g/mol. The van der Waals surface area contributed by atoms with E-state index in [1.807, 2.05) is 0 Å². The minimum Gasteiger partial charge on any atom is -0.432 e. The van der Waals surface area contributed by atoms with Gasteiger partial charge in [0.05, 0.1) is 92.1 Å². The van der Waals surface area contributed by atoms with Gasteiger partial charge in [0.1, 0.15) is 46.2 Å². The maximum absolute atomic E-state index is 14.5. The lowest BCUT2D eigenvalue weighted by atomic mass is 9.71. The van der Waals surface area contributed by atoms with Crippen molar-refractivity contribution >= 4 is 0 Å². The fraction of sp³-hybridized carbons (Fsp3) is 0.564. The molecular formula is C110H123F19O10. The van der Waals surface area contributed by atoms with E-state index in [0.717, 1.165) is 198 Å². The van der Waals surface area contributed by atoms with Gasteiger partial charge in [-0.15, -0.1) is 0 Å². The Balaban J connectivity index is 0.000000125. The predicted octanol–water partition coefficient (Wildman–Crippen LogP) is 31.6. The smallest absolute Gasteiger partial charge is 0.429 e. The average Bonchev–Trinajstić information content (AvgIpc) is 0.792. The van der Waals surface area contributed by atoms with E-state index in [4.69, 9.17) is 37.9 Å². The Labute approximate surface area is 800 Å². The fourth-order valence-corrected chi connectivity index (χ4v) is 22.0. The van der Waals surface area contributed by atoms with Crippen molar-refractivity contribution in [3.8, 4) is 28.7 Å². The highest BCUT2D eigenvalue weighted by molar-refractivity contribution is 5.34. The van der Waals surface area contributed by atoms with Crippen LogP contribution in [0.2, 0.25) is 0 Å². The normalized spacial score (nSPS) is 26.9. The highest BCUT2D eigenvalue weighted by Crippen LogP contribution is 2.52. The molecule has 0 bridgehead atoms. The van der Waals surface area contributed by atoms with Crippen molar-refractivity contribution in [3.05, 3.63) is 256 Å². The summed E-state index contributed by atoms with van der Waals surface area (Å²) < 4.78 is 317. The number of hydrogen-bond donors (Lipinski definition) is 0. The number of ether oxygens (including phenoxy) is 10. The molecule has 7 aliphatic carbocycles. The molecule has 0 radical (unpaired) electrons. The number of benzene rings is 8. The molecule has 756 valence electrons. The summed E-state index contributed by atoms with van der Waals surface area (Å²) in [5, 5.41) is 0. The summed E-state index contributed by atoms with van der Waals surface area (Å²) >= 11 is 0. The van der Waals surface area contributed by atoms with Gasteiger partial charge >= 0.3 is 30.5 Å². The molecule has 5 aliphatic heterocycles. The maximum Gasteiger partial charge on any atom is 0.429 e. The summed E-state index contributed by atoms with van der Waals surface area (Å²) in [6, 6.07) is 31.5. The summed E-state index contributed by atoms with van der Waals surface area (Å²) in [6.45, 7) is 3.78. The molecule has 12 fully saturated rings. The van der Waals surface area contributed by atoms with Gasteiger partial charge in [0.15, 0.2) is 34.9 Å². The minimum absolute atomic E-state index is 0.0150. The van der Waals surface area contributed by atoms with Crippen molar-refractivity contribution < 1.29 is 131 Å². The van der Waals surface area contributed by atoms with Gasteiger partial charge in [0, 0.05) is 18.2 Å². The quantitative estimate of drug-likeness (QED) is 0.0515. The van der Waals surface area contributed by atoms with E-state index in [9.17, 15) is 83.4 Å². The first-order chi connectivity index (χ1) is 66.7. The molecule has 10 unspecified atom stereocenters. The van der Waals surface area contributed by atoms with Crippen molar-refractivity contribution in [1.82, 2.24) is 0 Å². The van der Waals surface area contributed by atoms with E-state index in [-0.39, 0.29) is 58.9 Å². The minimum atomic E-state index is -4.05. The molecule has 0 amide bonds. The van der Waals surface area contributed by atoms with Crippen molar-refractivity contribution in [2.45, 2.75) is 273 Å². The Hall–Kier alpha value is -8.77. The van der Waals surface area contributed by atoms with Gasteiger partial charge in [-0.2, -0.15) is 43.9 Å². The first-order valence-corrected chi connectivity index (χ1v) is 50.0. The molecule has 5 saturated heterocycles. The van der Waals surface area contributed by atoms with Crippen LogP contribution in [0.3, 0.4) is 0 Å². The van der Waals surface area contributed by atoms with Crippen LogP contribution in [0.4, 0.5) is 83.4 Å². The molecule has 0 spiro atoms. The molecule has 7 saturated carbocycles. The molecule has 0 aromatic heterocycles. The van der Waals surface area contributed by atoms with E-state index in [1.165, 1.54) is 164 Å². The lowest BCUT2D eigenvalue weighted by Gasteiger charge is -2.42. The van der Waals surface area contributed by atoms with Crippen LogP contribution < -0.4 is 23.7 Å². The van der Waals surface area contributed by atoms with Crippen LogP contribution >= 0.6 is 0 Å². The second-order valence-corrected chi connectivity index (χ2v) is 40.4. The molecular weight excluding hydrogens is 1840 g/mol. The summed E-state index contributed by atoms with van der Waals surface area (Å²) in [5.74, 6) is -4.44. The Bertz CT molecular complexity index is 5170. The second kappa shape index (κ2) is 46.3. The van der Waals surface area contributed by atoms with Gasteiger partial charge in [0.25, 0.3) is 0 Å². The van der Waals surface area contributed by atoms with E-state index in [0.29, 0.717) is 116 Å². The lowest BCUT2D eigenvalue weighted by Crippen LogP contribution is -2.41. The number of hydrogen-bond acceptors (Lipinski definition) is 10. The van der Waals surface area contributed by atoms with Crippen LogP contribution in [-0.2, 0) is 42.0 Å². The van der Waals surface area contributed by atoms with Crippen molar-refractivity contribution in [2.24, 2.45) is 82.9 Å². The van der Waals surface area contributed by atoms with E-state index in [1.54, 1.807) is 24.3 Å². The van der Waals surface area contributed by atoms with Gasteiger partial charge in [-0.05, 0) is 325 Å². The highest BCUT2D eigenvalue weighted by Gasteiger charge is 2.50. The SMILES string of the molecule is Fc1ccc(OC(F)(F)C2CCC(C3CCC(C4CCC4)CO3)CC2)cc1.Fc1ccc(OC(F)(F)C2CCC(C3CCC(C4CCC4)CO3)CC2)cc1F.Fc1ccc(OC(F)(F)c2ccc(C3CCC(C4CCC4)CO3)cc2)cc1.Fc1ccc(OC(F)(F)c2ccc(C3CCC(C4CCC4)CO3)cc2)cc1F.Fc1ccc(OC(F)(F)c2ccc(C3CCC(C4CCC4)CO3)cc2F)cc1F. The molecule has 8 aromatic carbocycles. The Kier molecular flexibility index (Phi) is 34.3. The number of halogens is 19. The number of rotatable bonds is 25. The maximum atomic E-state index is 14.5. The van der Waals surface area contributed by atoms with Crippen LogP contribution in [-0.4, -0.2) is 57.5 Å². The third-order valence-electron chi connectivity index (χ3n) is 31.7. The summed E-state index contributed by atoms with van der Waals surface area (Å²) in [4.78, 5) is 0. The molecule has 0 N–H and O–H groups in total. The first kappa shape index (κ1) is 103. The third kappa shape index (κ3) is 27.0. The van der Waals surface area contributed by atoms with Crippen LogP contribution in [0.5, 0.6) is 28.7 Å². The van der Waals surface area contributed by atoms with Gasteiger partial charge < -0.3 is 47.4 Å². The number of alkyl halides is 10. The Morgan fingerprint density at radius 2 is 0.482 bits per heavy atom. The largest absolute Gasteiger partial charge is 0.432 e. The standard InChI is InChI=1S/C22H21F5O2.C22H28F4O2.C22H22F4O2.C22H29F3O2.C22H23F3O2/c23-18-8-6-16(11-20(18)25)29-22(26,27)17-7-4-14(10-19(17)24)21-9-5-15(12-28-21)13-2-1-3-13;2*23-19-10-9-18(12-20(19)24)28-22(25,26)17-7-4-15(5-8-17)21-11-6-16(13-27-21)14-2-1-3-14;2*23-19-9-11-20(12-10-19)27-22(24,25)18-7-4-16(5-8-18)21-13-6-17(14-26-21)15-2-1-3-15/h4,6-8,10-11,13,15,21H,1-3,5,9,12H2;9-10,12,14-17,21H,1-8,11,13H2;4-5,7-10,12,14,16,21H,1-3,6,11,13H2;9-12,15-18,21H,1-8,13-14H2;4-5,7-12,15,17,21H,1-3,6,13-14H2. The van der Waals surface area contributed by atoms with Crippen molar-refractivity contribution in [3.63, 3.8) is 0 Å². The lowest BCUT2D eigenvalue weighted by molar-refractivity contribution is -0.226. The topological polar surface area (TPSA) is 92.3 Å². The molecule has 12 aliphatic rings. The van der Waals surface area contributed by atoms with Crippen LogP contribution in [0.25, 0.3) is 0 Å². The van der Waals surface area contributed by atoms with Gasteiger partial charge in [-0.1, -0.05) is 127 Å². The Morgan fingerprint density at radius 1 is 0.209 bits per heavy atom. The highest BCUT2D eigenvalue weighted by atomic mass is 19.3. The van der Waals surface area contributed by atoms with Crippen LogP contribution in [0.15, 0.2) is 170 Å². The fourth-order valence-electron chi connectivity index (χ4n) is 22.0. The zero-order valence-corrected chi connectivity index (χ0v) is 77.8. The zero-order chi connectivity index (χ0) is 97.8. The van der Waals surface area contributed by atoms with Crippen molar-refractivity contribution in [1.29, 1.82) is 0 Å². The molecule has 8 aromatic rings. The molecule has 20 rings (SSSR count). The van der Waals surface area contributed by atoms with Gasteiger partial charge in [0.2, 0.25) is 0 Å². The van der Waals surface area contributed by atoms with E-state index in [2.05, 4.69) is 9.47 Å².